The predicted octanol–water partition coefficient (Wildman–Crippen LogP) is 2.63. The van der Waals surface area contributed by atoms with E-state index >= 15 is 0 Å². The van der Waals surface area contributed by atoms with Crippen molar-refractivity contribution in [3.05, 3.63) is 70.3 Å². The summed E-state index contributed by atoms with van der Waals surface area (Å²) in [5, 5.41) is 3.41. The molecule has 2 aromatic carbocycles. The molecule has 2 heterocycles. The molecular formula is C20H21N2O. The zero-order valence-corrected chi connectivity index (χ0v) is 13.4. The Hall–Kier alpha value is -2.13. The van der Waals surface area contributed by atoms with Crippen molar-refractivity contribution in [3.8, 4) is 0 Å². The molecule has 0 aromatic heterocycles. The highest BCUT2D eigenvalue weighted by Crippen LogP contribution is 2.36. The number of fused-ring (bicyclic) bond motifs is 2. The lowest BCUT2D eigenvalue weighted by Gasteiger charge is -2.37. The lowest BCUT2D eigenvalue weighted by Crippen LogP contribution is -2.39. The Morgan fingerprint density at radius 3 is 3.00 bits per heavy atom. The molecule has 0 saturated carbocycles. The molecule has 117 valence electrons. The summed E-state index contributed by atoms with van der Waals surface area (Å²) >= 11 is 0. The van der Waals surface area contributed by atoms with Crippen molar-refractivity contribution in [2.24, 2.45) is 0 Å². The van der Waals surface area contributed by atoms with E-state index in [1.807, 2.05) is 11.0 Å². The Morgan fingerprint density at radius 2 is 2.13 bits per heavy atom. The van der Waals surface area contributed by atoms with Crippen molar-refractivity contribution in [1.82, 2.24) is 10.2 Å². The number of hydrogen-bond acceptors (Lipinski definition) is 2. The number of hydrogen-bond donors (Lipinski definition) is 1. The van der Waals surface area contributed by atoms with E-state index in [0.29, 0.717) is 0 Å². The van der Waals surface area contributed by atoms with Gasteiger partial charge in [0, 0.05) is 20.0 Å². The molecule has 1 amide bonds. The third kappa shape index (κ3) is 2.55. The average Bonchev–Trinajstić information content (AvgIpc) is 2.60. The summed E-state index contributed by atoms with van der Waals surface area (Å²) in [7, 11) is 0. The van der Waals surface area contributed by atoms with Gasteiger partial charge in [-0.2, -0.15) is 0 Å². The molecule has 0 bridgehead atoms. The third-order valence-electron chi connectivity index (χ3n) is 5.05. The normalized spacial score (nSPS) is 19.9. The minimum absolute atomic E-state index is 0.0334. The van der Waals surface area contributed by atoms with Gasteiger partial charge in [-0.25, -0.2) is 0 Å². The number of benzene rings is 2. The van der Waals surface area contributed by atoms with Crippen molar-refractivity contribution in [2.75, 3.05) is 13.1 Å². The van der Waals surface area contributed by atoms with Crippen LogP contribution in [0.3, 0.4) is 0 Å². The van der Waals surface area contributed by atoms with Crippen molar-refractivity contribution in [1.29, 1.82) is 0 Å². The summed E-state index contributed by atoms with van der Waals surface area (Å²) in [6.45, 7) is 4.43. The first-order valence-corrected chi connectivity index (χ1v) is 8.32. The van der Waals surface area contributed by atoms with Gasteiger partial charge >= 0.3 is 0 Å². The van der Waals surface area contributed by atoms with Crippen LogP contribution >= 0.6 is 0 Å². The molecule has 23 heavy (non-hydrogen) atoms. The summed E-state index contributed by atoms with van der Waals surface area (Å²) in [5.74, 6) is 0.146. The van der Waals surface area contributed by atoms with E-state index in [1.54, 1.807) is 6.92 Å². The monoisotopic (exact) mass is 305 g/mol. The molecule has 2 aromatic rings. The molecule has 0 fully saturated rings. The molecule has 1 radical (unpaired) electrons. The Balaban J connectivity index is 1.82. The standard InChI is InChI=1S/C20H21N2O/c1-14(23)22-11-9-15-4-2-3-5-19(15)20(22)17-6-7-18-13-21-10-8-16(18)12-17/h3-7,12,20-21H,8-11,13H2,1H3. The van der Waals surface area contributed by atoms with Crippen LogP contribution in [0, 0.1) is 6.07 Å². The number of rotatable bonds is 1. The van der Waals surface area contributed by atoms with Crippen LogP contribution in [0.2, 0.25) is 0 Å². The van der Waals surface area contributed by atoms with Gasteiger partial charge in [0.15, 0.2) is 0 Å². The fourth-order valence-corrected chi connectivity index (χ4v) is 3.86. The maximum atomic E-state index is 12.2. The van der Waals surface area contributed by atoms with Crippen LogP contribution < -0.4 is 5.32 Å². The van der Waals surface area contributed by atoms with E-state index < -0.39 is 0 Å². The average molecular weight is 305 g/mol. The van der Waals surface area contributed by atoms with Crippen LogP contribution in [-0.2, 0) is 24.2 Å². The number of amides is 1. The van der Waals surface area contributed by atoms with Gasteiger partial charge in [-0.05, 0) is 53.3 Å². The summed E-state index contributed by atoms with van der Waals surface area (Å²) in [5.41, 5.74) is 6.59. The molecule has 2 aliphatic heterocycles. The molecule has 0 aliphatic carbocycles. The van der Waals surface area contributed by atoms with Crippen LogP contribution in [0.1, 0.15) is 40.8 Å². The summed E-state index contributed by atoms with van der Waals surface area (Å²) in [6, 6.07) is 16.1. The fourth-order valence-electron chi connectivity index (χ4n) is 3.86. The summed E-state index contributed by atoms with van der Waals surface area (Å²) in [4.78, 5) is 14.2. The Labute approximate surface area is 137 Å². The highest BCUT2D eigenvalue weighted by molar-refractivity contribution is 5.75. The zero-order valence-electron chi connectivity index (χ0n) is 13.4. The largest absolute Gasteiger partial charge is 0.331 e. The third-order valence-corrected chi connectivity index (χ3v) is 5.05. The second kappa shape index (κ2) is 5.82. The number of carbonyl (C=O) groups excluding carboxylic acids is 1. The van der Waals surface area contributed by atoms with Gasteiger partial charge in [-0.1, -0.05) is 36.4 Å². The van der Waals surface area contributed by atoms with Crippen LogP contribution in [0.25, 0.3) is 0 Å². The quantitative estimate of drug-likeness (QED) is 0.878. The molecular weight excluding hydrogens is 284 g/mol. The molecule has 1 N–H and O–H groups in total. The van der Waals surface area contributed by atoms with E-state index in [1.165, 1.54) is 27.8 Å². The summed E-state index contributed by atoms with van der Waals surface area (Å²) in [6.07, 6.45) is 1.98. The number of nitrogens with zero attached hydrogens (tertiary/aromatic N) is 1. The molecule has 0 spiro atoms. The van der Waals surface area contributed by atoms with Gasteiger partial charge in [0.25, 0.3) is 0 Å². The van der Waals surface area contributed by atoms with Gasteiger partial charge < -0.3 is 10.2 Å². The second-order valence-corrected chi connectivity index (χ2v) is 6.44. The first-order chi connectivity index (χ1) is 11.2. The molecule has 1 unspecified atom stereocenters. The first kappa shape index (κ1) is 14.5. The summed E-state index contributed by atoms with van der Waals surface area (Å²) < 4.78 is 0. The Morgan fingerprint density at radius 1 is 1.22 bits per heavy atom. The van der Waals surface area contributed by atoms with E-state index in [2.05, 4.69) is 41.7 Å². The van der Waals surface area contributed by atoms with Gasteiger partial charge in [0.1, 0.15) is 0 Å². The second-order valence-electron chi connectivity index (χ2n) is 6.44. The molecule has 2 aliphatic rings. The highest BCUT2D eigenvalue weighted by Gasteiger charge is 2.30. The molecule has 3 nitrogen and oxygen atoms in total. The van der Waals surface area contributed by atoms with E-state index in [4.69, 9.17) is 0 Å². The van der Waals surface area contributed by atoms with Crippen molar-refractivity contribution in [3.63, 3.8) is 0 Å². The lowest BCUT2D eigenvalue weighted by atomic mass is 9.86. The van der Waals surface area contributed by atoms with Crippen LogP contribution in [0.5, 0.6) is 0 Å². The van der Waals surface area contributed by atoms with Crippen molar-refractivity contribution >= 4 is 5.91 Å². The fraction of sp³-hybridized carbons (Fsp3) is 0.350. The number of nitrogens with one attached hydrogen (secondary N) is 1. The van der Waals surface area contributed by atoms with Gasteiger partial charge in [-0.15, -0.1) is 0 Å². The van der Waals surface area contributed by atoms with Crippen LogP contribution in [0.15, 0.2) is 36.4 Å². The predicted molar refractivity (Wildman–Crippen MR) is 90.1 cm³/mol. The maximum absolute atomic E-state index is 12.2. The lowest BCUT2D eigenvalue weighted by molar-refractivity contribution is -0.130. The Bertz CT molecular complexity index is 753. The van der Waals surface area contributed by atoms with E-state index in [-0.39, 0.29) is 11.9 Å². The maximum Gasteiger partial charge on any atom is 0.220 e. The van der Waals surface area contributed by atoms with E-state index in [0.717, 1.165) is 32.5 Å². The number of carbonyl (C=O) groups is 1. The van der Waals surface area contributed by atoms with Gasteiger partial charge in [-0.3, -0.25) is 4.79 Å². The SMILES string of the molecule is CC(=O)N1CCc2c[c]ccc2C1c1ccc2c(c1)CCNC2. The van der Waals surface area contributed by atoms with Crippen LogP contribution in [0.4, 0.5) is 0 Å². The van der Waals surface area contributed by atoms with Crippen LogP contribution in [-0.4, -0.2) is 23.9 Å². The van der Waals surface area contributed by atoms with Gasteiger partial charge in [0.05, 0.1) is 6.04 Å². The molecule has 1 atom stereocenters. The minimum Gasteiger partial charge on any atom is -0.331 e. The molecule has 4 rings (SSSR count). The highest BCUT2D eigenvalue weighted by atomic mass is 16.2. The zero-order chi connectivity index (χ0) is 15.8. The van der Waals surface area contributed by atoms with Crippen molar-refractivity contribution in [2.45, 2.75) is 32.4 Å². The van der Waals surface area contributed by atoms with Crippen molar-refractivity contribution < 1.29 is 4.79 Å². The van der Waals surface area contributed by atoms with Gasteiger partial charge in [0.2, 0.25) is 5.91 Å². The Kier molecular flexibility index (Phi) is 3.66. The topological polar surface area (TPSA) is 32.3 Å². The molecule has 0 saturated heterocycles. The first-order valence-electron chi connectivity index (χ1n) is 8.32. The smallest absolute Gasteiger partial charge is 0.220 e. The van der Waals surface area contributed by atoms with E-state index in [9.17, 15) is 4.79 Å². The molecule has 3 heteroatoms. The minimum atomic E-state index is 0.0334.